The zero-order valence-corrected chi connectivity index (χ0v) is 14.5. The third kappa shape index (κ3) is 2.91. The Bertz CT molecular complexity index is 764. The minimum absolute atomic E-state index is 0.0728. The highest BCUT2D eigenvalue weighted by atomic mass is 16.5. The molecule has 4 nitrogen and oxygen atoms in total. The largest absolute Gasteiger partial charge is 0.497 e. The summed E-state index contributed by atoms with van der Waals surface area (Å²) in [6.45, 7) is 2.06. The molecule has 0 unspecified atom stereocenters. The average molecular weight is 336 g/mol. The number of piperidine rings is 1. The lowest BCUT2D eigenvalue weighted by atomic mass is 9.74. The van der Waals surface area contributed by atoms with Gasteiger partial charge in [0.1, 0.15) is 5.75 Å². The van der Waals surface area contributed by atoms with E-state index in [1.807, 2.05) is 30.3 Å². The SMILES string of the molecule is COc1ccc(NC(=O)[C@H]2CC3(CCNCC3)c3ccccc32)cc1. The second-order valence-corrected chi connectivity index (χ2v) is 7.09. The zero-order valence-electron chi connectivity index (χ0n) is 14.5. The van der Waals surface area contributed by atoms with Gasteiger partial charge in [-0.15, -0.1) is 0 Å². The summed E-state index contributed by atoms with van der Waals surface area (Å²) in [6, 6.07) is 16.0. The highest BCUT2D eigenvalue weighted by Gasteiger charge is 2.46. The van der Waals surface area contributed by atoms with E-state index < -0.39 is 0 Å². The Morgan fingerprint density at radius 3 is 2.56 bits per heavy atom. The van der Waals surface area contributed by atoms with Gasteiger partial charge in [-0.2, -0.15) is 0 Å². The van der Waals surface area contributed by atoms with Crippen LogP contribution < -0.4 is 15.4 Å². The Balaban J connectivity index is 1.58. The van der Waals surface area contributed by atoms with E-state index in [0.29, 0.717) is 0 Å². The standard InChI is InChI=1S/C21H24N2O2/c1-25-16-8-6-15(7-9-16)23-20(24)18-14-21(10-12-22-13-11-21)19-5-3-2-4-17(18)19/h2-9,18,22H,10-14H2,1H3,(H,23,24)/t18-/m0/s1. The Labute approximate surface area is 148 Å². The number of fused-ring (bicyclic) bond motifs is 2. The van der Waals surface area contributed by atoms with Gasteiger partial charge in [-0.25, -0.2) is 0 Å². The van der Waals surface area contributed by atoms with Crippen molar-refractivity contribution in [2.45, 2.75) is 30.6 Å². The van der Waals surface area contributed by atoms with Crippen LogP contribution in [0.1, 0.15) is 36.3 Å². The van der Waals surface area contributed by atoms with Crippen molar-refractivity contribution in [2.75, 3.05) is 25.5 Å². The number of carbonyl (C=O) groups is 1. The highest BCUT2D eigenvalue weighted by molar-refractivity contribution is 5.97. The molecule has 0 radical (unpaired) electrons. The molecule has 1 heterocycles. The number of nitrogens with one attached hydrogen (secondary N) is 2. The molecule has 2 aliphatic rings. The van der Waals surface area contributed by atoms with Crippen LogP contribution in [0.5, 0.6) is 5.75 Å². The van der Waals surface area contributed by atoms with Crippen LogP contribution in [-0.4, -0.2) is 26.1 Å². The third-order valence-electron chi connectivity index (χ3n) is 5.74. The van der Waals surface area contributed by atoms with E-state index in [4.69, 9.17) is 4.74 Å². The highest BCUT2D eigenvalue weighted by Crippen LogP contribution is 2.51. The summed E-state index contributed by atoms with van der Waals surface area (Å²) >= 11 is 0. The van der Waals surface area contributed by atoms with E-state index >= 15 is 0 Å². The maximum absolute atomic E-state index is 13.0. The van der Waals surface area contributed by atoms with Crippen molar-refractivity contribution in [2.24, 2.45) is 0 Å². The van der Waals surface area contributed by atoms with E-state index in [2.05, 4.69) is 28.8 Å². The first kappa shape index (κ1) is 16.2. The molecule has 1 aliphatic carbocycles. The molecule has 2 N–H and O–H groups in total. The summed E-state index contributed by atoms with van der Waals surface area (Å²) in [5, 5.41) is 6.54. The van der Waals surface area contributed by atoms with Crippen LogP contribution in [0.15, 0.2) is 48.5 Å². The van der Waals surface area contributed by atoms with Gasteiger partial charge in [0, 0.05) is 5.69 Å². The summed E-state index contributed by atoms with van der Waals surface area (Å²) in [5.41, 5.74) is 3.56. The van der Waals surface area contributed by atoms with Gasteiger partial charge in [0.05, 0.1) is 13.0 Å². The van der Waals surface area contributed by atoms with Crippen LogP contribution in [0, 0.1) is 0 Å². The molecule has 0 bridgehead atoms. The summed E-state index contributed by atoms with van der Waals surface area (Å²) in [4.78, 5) is 13.0. The molecular weight excluding hydrogens is 312 g/mol. The molecule has 1 fully saturated rings. The minimum Gasteiger partial charge on any atom is -0.497 e. The molecule has 130 valence electrons. The number of carbonyl (C=O) groups excluding carboxylic acids is 1. The predicted molar refractivity (Wildman–Crippen MR) is 99.2 cm³/mol. The predicted octanol–water partition coefficient (Wildman–Crippen LogP) is 3.44. The number of hydrogen-bond donors (Lipinski definition) is 2. The van der Waals surface area contributed by atoms with Crippen molar-refractivity contribution in [1.82, 2.24) is 5.32 Å². The molecule has 4 rings (SSSR count). The van der Waals surface area contributed by atoms with E-state index in [0.717, 1.165) is 43.8 Å². The number of methoxy groups -OCH3 is 1. The van der Waals surface area contributed by atoms with Crippen molar-refractivity contribution in [3.63, 3.8) is 0 Å². The van der Waals surface area contributed by atoms with Crippen LogP contribution in [0.2, 0.25) is 0 Å². The Morgan fingerprint density at radius 2 is 1.84 bits per heavy atom. The fourth-order valence-electron chi connectivity index (χ4n) is 4.41. The minimum atomic E-state index is -0.0728. The number of anilines is 1. The molecule has 1 amide bonds. The van der Waals surface area contributed by atoms with Gasteiger partial charge in [0.15, 0.2) is 0 Å². The number of rotatable bonds is 3. The van der Waals surface area contributed by atoms with E-state index in [1.54, 1.807) is 7.11 Å². The van der Waals surface area contributed by atoms with Crippen molar-refractivity contribution >= 4 is 11.6 Å². The lowest BCUT2D eigenvalue weighted by Gasteiger charge is -2.35. The van der Waals surface area contributed by atoms with Gasteiger partial charge < -0.3 is 15.4 Å². The molecule has 0 saturated carbocycles. The van der Waals surface area contributed by atoms with E-state index in [9.17, 15) is 4.79 Å². The van der Waals surface area contributed by atoms with Crippen LogP contribution in [0.3, 0.4) is 0 Å². The Hall–Kier alpha value is -2.33. The monoisotopic (exact) mass is 336 g/mol. The normalized spacial score (nSPS) is 20.9. The van der Waals surface area contributed by atoms with Gasteiger partial charge in [-0.1, -0.05) is 24.3 Å². The molecule has 2 aromatic rings. The van der Waals surface area contributed by atoms with E-state index in [1.165, 1.54) is 11.1 Å². The van der Waals surface area contributed by atoms with Crippen LogP contribution in [0.4, 0.5) is 5.69 Å². The molecule has 1 spiro atoms. The maximum atomic E-state index is 13.0. The fourth-order valence-corrected chi connectivity index (χ4v) is 4.41. The lowest BCUT2D eigenvalue weighted by molar-refractivity contribution is -0.117. The van der Waals surface area contributed by atoms with Gasteiger partial charge in [-0.3, -0.25) is 4.79 Å². The maximum Gasteiger partial charge on any atom is 0.231 e. The number of amides is 1. The summed E-state index contributed by atoms with van der Waals surface area (Å²) in [5.74, 6) is 0.808. The van der Waals surface area contributed by atoms with E-state index in [-0.39, 0.29) is 17.2 Å². The third-order valence-corrected chi connectivity index (χ3v) is 5.74. The summed E-state index contributed by atoms with van der Waals surface area (Å²) < 4.78 is 5.18. The molecule has 2 aromatic carbocycles. The average Bonchev–Trinajstić information content (AvgIpc) is 2.97. The number of benzene rings is 2. The Morgan fingerprint density at radius 1 is 1.12 bits per heavy atom. The lowest BCUT2D eigenvalue weighted by Crippen LogP contribution is -2.38. The first-order valence-electron chi connectivity index (χ1n) is 8.97. The number of hydrogen-bond acceptors (Lipinski definition) is 3. The molecule has 25 heavy (non-hydrogen) atoms. The van der Waals surface area contributed by atoms with Crippen molar-refractivity contribution < 1.29 is 9.53 Å². The van der Waals surface area contributed by atoms with Gasteiger partial charge in [-0.05, 0) is 73.2 Å². The fraction of sp³-hybridized carbons (Fsp3) is 0.381. The van der Waals surface area contributed by atoms with Gasteiger partial charge >= 0.3 is 0 Å². The second kappa shape index (κ2) is 6.52. The smallest absolute Gasteiger partial charge is 0.231 e. The van der Waals surface area contributed by atoms with Crippen molar-refractivity contribution in [1.29, 1.82) is 0 Å². The molecule has 1 aliphatic heterocycles. The number of ether oxygens (including phenoxy) is 1. The van der Waals surface area contributed by atoms with Crippen LogP contribution >= 0.6 is 0 Å². The van der Waals surface area contributed by atoms with Crippen LogP contribution in [-0.2, 0) is 10.2 Å². The van der Waals surface area contributed by atoms with Gasteiger partial charge in [0.25, 0.3) is 0 Å². The molecule has 0 aromatic heterocycles. The first-order valence-corrected chi connectivity index (χ1v) is 8.97. The van der Waals surface area contributed by atoms with Crippen molar-refractivity contribution in [3.8, 4) is 5.75 Å². The second-order valence-electron chi connectivity index (χ2n) is 7.09. The topological polar surface area (TPSA) is 50.4 Å². The zero-order chi connectivity index (χ0) is 17.3. The first-order chi connectivity index (χ1) is 12.2. The summed E-state index contributed by atoms with van der Waals surface area (Å²) in [7, 11) is 1.64. The van der Waals surface area contributed by atoms with Crippen molar-refractivity contribution in [3.05, 3.63) is 59.7 Å². The molecule has 4 heteroatoms. The summed E-state index contributed by atoms with van der Waals surface area (Å²) in [6.07, 6.45) is 3.13. The van der Waals surface area contributed by atoms with Gasteiger partial charge in [0.2, 0.25) is 5.91 Å². The molecule has 1 saturated heterocycles. The van der Waals surface area contributed by atoms with Crippen LogP contribution in [0.25, 0.3) is 0 Å². The molecule has 1 atom stereocenters. The Kier molecular flexibility index (Phi) is 4.22. The molecular formula is C21H24N2O2. The quantitative estimate of drug-likeness (QED) is 0.903.